The minimum atomic E-state index is -1.16. The van der Waals surface area contributed by atoms with Gasteiger partial charge < -0.3 is 20.6 Å². The van der Waals surface area contributed by atoms with Crippen LogP contribution < -0.4 is 16.2 Å². The molecule has 10 nitrogen and oxygen atoms in total. The Hall–Kier alpha value is -3.83. The summed E-state index contributed by atoms with van der Waals surface area (Å²) >= 11 is 0. The Morgan fingerprint density at radius 2 is 1.97 bits per heavy atom. The summed E-state index contributed by atoms with van der Waals surface area (Å²) in [6.07, 6.45) is 2.16. The lowest BCUT2D eigenvalue weighted by molar-refractivity contribution is -0.145. The first-order chi connectivity index (χ1) is 16.5. The Morgan fingerprint density at radius 3 is 2.66 bits per heavy atom. The third-order valence-corrected chi connectivity index (χ3v) is 6.56. The zero-order valence-electron chi connectivity index (χ0n) is 19.2. The number of aromatic nitrogens is 2. The molecule has 1 aromatic carbocycles. The van der Waals surface area contributed by atoms with Crippen LogP contribution >= 0.6 is 0 Å². The van der Waals surface area contributed by atoms with E-state index in [1.165, 1.54) is 24.7 Å². The van der Waals surface area contributed by atoms with Crippen LogP contribution in [0.1, 0.15) is 47.6 Å². The second-order valence-electron chi connectivity index (χ2n) is 9.15. The number of hydrogen-bond donors (Lipinski definition) is 3. The van der Waals surface area contributed by atoms with E-state index in [-0.39, 0.29) is 30.4 Å². The maximum Gasteiger partial charge on any atom is 0.311 e. The quantitative estimate of drug-likeness (QED) is 0.543. The summed E-state index contributed by atoms with van der Waals surface area (Å²) in [7, 11) is 2.88. The first-order valence-corrected chi connectivity index (χ1v) is 11.1. The maximum absolute atomic E-state index is 13.5. The van der Waals surface area contributed by atoms with Gasteiger partial charge in [-0.25, -0.2) is 13.8 Å². The van der Waals surface area contributed by atoms with Crippen molar-refractivity contribution in [1.29, 1.82) is 0 Å². The highest BCUT2D eigenvalue weighted by Gasteiger charge is 2.48. The van der Waals surface area contributed by atoms with Gasteiger partial charge in [0.05, 0.1) is 5.54 Å². The molecule has 0 spiro atoms. The summed E-state index contributed by atoms with van der Waals surface area (Å²) in [5.74, 6) is -5.27. The van der Waals surface area contributed by atoms with Crippen molar-refractivity contribution < 1.29 is 28.3 Å². The average molecular weight is 489 g/mol. The Labute approximate surface area is 199 Å². The van der Waals surface area contributed by atoms with Gasteiger partial charge in [0, 0.05) is 27.2 Å². The molecular weight excluding hydrogens is 464 g/mol. The first kappa shape index (κ1) is 24.3. The van der Waals surface area contributed by atoms with Crippen molar-refractivity contribution in [3.05, 3.63) is 57.3 Å². The van der Waals surface area contributed by atoms with Crippen molar-refractivity contribution in [2.24, 2.45) is 5.92 Å². The van der Waals surface area contributed by atoms with Gasteiger partial charge in [0.25, 0.3) is 11.5 Å². The van der Waals surface area contributed by atoms with Crippen molar-refractivity contribution in [3.63, 3.8) is 0 Å². The number of aromatic hydroxyl groups is 1. The fourth-order valence-corrected chi connectivity index (χ4v) is 4.74. The Morgan fingerprint density at radius 1 is 1.23 bits per heavy atom. The molecule has 4 rings (SSSR count). The van der Waals surface area contributed by atoms with Crippen molar-refractivity contribution in [2.75, 3.05) is 14.1 Å². The monoisotopic (exact) mass is 489 g/mol. The van der Waals surface area contributed by atoms with Gasteiger partial charge in [-0.05, 0) is 49.3 Å². The van der Waals surface area contributed by atoms with Gasteiger partial charge in [-0.1, -0.05) is 6.07 Å². The standard InChI is InChI=1S/C23H25F2N5O5/c1-29(2)21(35)19(33)28-23-7-5-12(10-23)6-8-30-20(34)17(31)16(27-22(23)30)18(32)26-11-13-3-4-14(24)15(25)9-13/h3-4,9,12,31H,5-8,10-11H2,1-2H3,(H,26,32)(H,28,33). The van der Waals surface area contributed by atoms with Crippen LogP contribution in [0.4, 0.5) is 8.78 Å². The van der Waals surface area contributed by atoms with Gasteiger partial charge in [-0.2, -0.15) is 0 Å². The summed E-state index contributed by atoms with van der Waals surface area (Å²) in [6.45, 7) is 0.0201. The molecule has 2 unspecified atom stereocenters. The van der Waals surface area contributed by atoms with Crippen LogP contribution in [0.25, 0.3) is 0 Å². The fraction of sp³-hybridized carbons (Fsp3) is 0.435. The van der Waals surface area contributed by atoms with E-state index < -0.39 is 51.9 Å². The van der Waals surface area contributed by atoms with E-state index in [4.69, 9.17) is 0 Å². The van der Waals surface area contributed by atoms with Gasteiger partial charge >= 0.3 is 11.8 Å². The van der Waals surface area contributed by atoms with E-state index in [0.29, 0.717) is 19.3 Å². The Bertz CT molecular complexity index is 1280. The van der Waals surface area contributed by atoms with Crippen LogP contribution in [0.15, 0.2) is 23.0 Å². The number of carbonyl (C=O) groups is 3. The number of halogens is 2. The fourth-order valence-electron chi connectivity index (χ4n) is 4.74. The van der Waals surface area contributed by atoms with Gasteiger partial charge in [0.1, 0.15) is 5.82 Å². The average Bonchev–Trinajstić information content (AvgIpc) is 3.15. The zero-order valence-corrected chi connectivity index (χ0v) is 19.2. The normalized spacial score (nSPS) is 20.5. The summed E-state index contributed by atoms with van der Waals surface area (Å²) in [4.78, 5) is 56.1. The number of amides is 3. The number of fused-ring (bicyclic) bond motifs is 4. The molecule has 1 aliphatic carbocycles. The summed E-state index contributed by atoms with van der Waals surface area (Å²) < 4.78 is 27.9. The van der Waals surface area contributed by atoms with E-state index in [0.717, 1.165) is 23.5 Å². The molecular formula is C23H25F2N5O5. The summed E-state index contributed by atoms with van der Waals surface area (Å²) in [5, 5.41) is 15.7. The molecule has 2 bridgehead atoms. The van der Waals surface area contributed by atoms with Gasteiger partial charge in [-0.15, -0.1) is 0 Å². The molecule has 35 heavy (non-hydrogen) atoms. The summed E-state index contributed by atoms with van der Waals surface area (Å²) in [6, 6.07) is 3.11. The SMILES string of the molecule is CN(C)C(=O)C(=O)NC12CCC(CCn3c1nc(C(=O)NCc1ccc(F)c(F)c1)c(O)c3=O)C2. The number of nitrogens with zero attached hydrogens (tertiary/aromatic N) is 3. The van der Waals surface area contributed by atoms with Gasteiger partial charge in [0.2, 0.25) is 5.75 Å². The van der Waals surface area contributed by atoms with Crippen molar-refractivity contribution in [2.45, 2.75) is 44.3 Å². The number of carbonyl (C=O) groups excluding carboxylic acids is 3. The lowest BCUT2D eigenvalue weighted by Gasteiger charge is -2.31. The van der Waals surface area contributed by atoms with E-state index in [9.17, 15) is 33.1 Å². The highest BCUT2D eigenvalue weighted by atomic mass is 19.2. The number of nitrogens with one attached hydrogen (secondary N) is 2. The zero-order chi connectivity index (χ0) is 25.5. The number of rotatable bonds is 4. The van der Waals surface area contributed by atoms with E-state index in [1.54, 1.807) is 0 Å². The molecule has 3 N–H and O–H groups in total. The summed E-state index contributed by atoms with van der Waals surface area (Å²) in [5.41, 5.74) is -2.30. The molecule has 2 aromatic rings. The van der Waals surface area contributed by atoms with E-state index in [2.05, 4.69) is 15.6 Å². The lowest BCUT2D eigenvalue weighted by Crippen LogP contribution is -2.52. The molecule has 1 aliphatic heterocycles. The maximum atomic E-state index is 13.5. The Balaban J connectivity index is 1.69. The topological polar surface area (TPSA) is 134 Å². The second-order valence-corrected chi connectivity index (χ2v) is 9.15. The third-order valence-electron chi connectivity index (χ3n) is 6.56. The molecule has 0 radical (unpaired) electrons. The van der Waals surface area contributed by atoms with Crippen LogP contribution in [0.3, 0.4) is 0 Å². The van der Waals surface area contributed by atoms with Crippen LogP contribution in [-0.2, 0) is 28.2 Å². The molecule has 2 heterocycles. The molecule has 1 saturated carbocycles. The number of benzene rings is 1. The minimum absolute atomic E-state index is 0.0955. The van der Waals surface area contributed by atoms with E-state index >= 15 is 0 Å². The smallest absolute Gasteiger partial charge is 0.311 e. The molecule has 1 aromatic heterocycles. The van der Waals surface area contributed by atoms with Crippen molar-refractivity contribution in [3.8, 4) is 5.75 Å². The molecule has 2 atom stereocenters. The molecule has 12 heteroatoms. The van der Waals surface area contributed by atoms with Crippen LogP contribution in [0, 0.1) is 17.6 Å². The van der Waals surface area contributed by atoms with Crippen molar-refractivity contribution >= 4 is 17.7 Å². The number of hydrogen-bond acceptors (Lipinski definition) is 6. The third kappa shape index (κ3) is 4.47. The highest BCUT2D eigenvalue weighted by molar-refractivity contribution is 6.35. The van der Waals surface area contributed by atoms with Gasteiger partial charge in [-0.3, -0.25) is 23.7 Å². The first-order valence-electron chi connectivity index (χ1n) is 11.1. The van der Waals surface area contributed by atoms with E-state index in [1.807, 2.05) is 0 Å². The van der Waals surface area contributed by atoms with Crippen LogP contribution in [0.2, 0.25) is 0 Å². The molecule has 0 saturated heterocycles. The largest absolute Gasteiger partial charge is 0.501 e. The molecule has 2 aliphatic rings. The predicted octanol–water partition coefficient (Wildman–Crippen LogP) is 0.761. The Kier molecular flexibility index (Phi) is 6.30. The lowest BCUT2D eigenvalue weighted by atomic mass is 9.94. The number of likely N-dealkylation sites (N-methyl/N-ethyl adjacent to an activating group) is 1. The molecule has 1 fully saturated rings. The predicted molar refractivity (Wildman–Crippen MR) is 118 cm³/mol. The second kappa shape index (κ2) is 9.08. The van der Waals surface area contributed by atoms with Crippen molar-refractivity contribution in [1.82, 2.24) is 25.1 Å². The van der Waals surface area contributed by atoms with Crippen LogP contribution in [-0.4, -0.2) is 51.4 Å². The molecule has 3 amide bonds. The van der Waals surface area contributed by atoms with Crippen LogP contribution in [0.5, 0.6) is 5.75 Å². The minimum Gasteiger partial charge on any atom is -0.501 e. The molecule has 186 valence electrons. The highest BCUT2D eigenvalue weighted by Crippen LogP contribution is 2.45. The van der Waals surface area contributed by atoms with Gasteiger partial charge in [0.15, 0.2) is 17.3 Å².